The van der Waals surface area contributed by atoms with Crippen LogP contribution in [0.3, 0.4) is 0 Å². The molecule has 0 amide bonds. The second kappa shape index (κ2) is 16.1. The van der Waals surface area contributed by atoms with Crippen LogP contribution in [0.5, 0.6) is 0 Å². The average molecular weight is 719 g/mol. The molecule has 56 heavy (non-hydrogen) atoms. The van der Waals surface area contributed by atoms with Crippen LogP contribution in [0.1, 0.15) is 17.9 Å². The topological polar surface area (TPSA) is 15.3 Å². The Labute approximate surface area is 330 Å². The highest BCUT2D eigenvalue weighted by Gasteiger charge is 2.19. The molecule has 0 radical (unpaired) electrons. The smallest absolute Gasteiger partial charge is 0.0461 e. The lowest BCUT2D eigenvalue weighted by Crippen LogP contribution is -2.17. The summed E-state index contributed by atoms with van der Waals surface area (Å²) in [5.74, 6) is 0.381. The molecule has 1 aliphatic carbocycles. The third-order valence-electron chi connectivity index (χ3n) is 10.6. The summed E-state index contributed by atoms with van der Waals surface area (Å²) in [6.07, 6.45) is 7.96. The highest BCUT2D eigenvalue weighted by molar-refractivity contribution is 5.95. The van der Waals surface area contributed by atoms with Crippen LogP contribution in [0.25, 0.3) is 44.5 Å². The van der Waals surface area contributed by atoms with Crippen molar-refractivity contribution in [3.05, 3.63) is 242 Å². The van der Waals surface area contributed by atoms with Gasteiger partial charge in [-0.05, 0) is 111 Å². The van der Waals surface area contributed by atoms with Crippen LogP contribution in [-0.4, -0.2) is 0 Å². The molecule has 0 saturated carbocycles. The van der Waals surface area contributed by atoms with Crippen molar-refractivity contribution < 1.29 is 0 Å². The van der Waals surface area contributed by atoms with Gasteiger partial charge in [-0.25, -0.2) is 0 Å². The van der Waals surface area contributed by atoms with Crippen LogP contribution in [-0.2, 0) is 0 Å². The average Bonchev–Trinajstić information content (AvgIpc) is 3.28. The van der Waals surface area contributed by atoms with Gasteiger partial charge >= 0.3 is 0 Å². The quantitative estimate of drug-likeness (QED) is 0.151. The Morgan fingerprint density at radius 3 is 1.43 bits per heavy atom. The molecule has 0 aromatic heterocycles. The molecule has 1 unspecified atom stereocenters. The molecule has 0 fully saturated rings. The van der Waals surface area contributed by atoms with Crippen molar-refractivity contribution in [2.45, 2.75) is 12.3 Å². The highest BCUT2D eigenvalue weighted by atomic mass is 15.1. The Bertz CT molecular complexity index is 2570. The van der Waals surface area contributed by atoms with Gasteiger partial charge in [-0.2, -0.15) is 0 Å². The summed E-state index contributed by atoms with van der Waals surface area (Å²) in [6, 6.07) is 75.9. The number of nitrogens with zero attached hydrogens (tertiary/aromatic N) is 1. The fraction of sp³-hybridized carbons (Fsp3) is 0.0370. The van der Waals surface area contributed by atoms with Crippen LogP contribution in [0.2, 0.25) is 0 Å². The molecule has 1 N–H and O–H groups in total. The first kappa shape index (κ1) is 34.6. The van der Waals surface area contributed by atoms with E-state index in [2.05, 4.69) is 241 Å². The van der Waals surface area contributed by atoms with Crippen LogP contribution >= 0.6 is 0 Å². The molecule has 0 spiro atoms. The molecule has 9 rings (SSSR count). The molecular formula is C54H42N2. The first-order chi connectivity index (χ1) is 27.8. The van der Waals surface area contributed by atoms with Crippen LogP contribution < -0.4 is 10.2 Å². The van der Waals surface area contributed by atoms with Crippen molar-refractivity contribution >= 4 is 22.7 Å². The maximum absolute atomic E-state index is 3.61. The van der Waals surface area contributed by atoms with Gasteiger partial charge in [-0.15, -0.1) is 0 Å². The van der Waals surface area contributed by atoms with Gasteiger partial charge in [0.25, 0.3) is 0 Å². The molecule has 2 heteroatoms. The molecule has 0 heterocycles. The number of allylic oxidation sites excluding steroid dienone is 3. The van der Waals surface area contributed by atoms with E-state index in [0.29, 0.717) is 5.92 Å². The van der Waals surface area contributed by atoms with Crippen LogP contribution in [0.15, 0.2) is 236 Å². The minimum atomic E-state index is 0.381. The summed E-state index contributed by atoms with van der Waals surface area (Å²) in [7, 11) is 0. The van der Waals surface area contributed by atoms with Crippen molar-refractivity contribution in [3.8, 4) is 44.5 Å². The van der Waals surface area contributed by atoms with Gasteiger partial charge in [0.1, 0.15) is 0 Å². The zero-order valence-corrected chi connectivity index (χ0v) is 31.2. The monoisotopic (exact) mass is 718 g/mol. The number of benzene rings is 8. The van der Waals surface area contributed by atoms with Gasteiger partial charge in [0.15, 0.2) is 0 Å². The minimum Gasteiger partial charge on any atom is -0.356 e. The van der Waals surface area contributed by atoms with Crippen molar-refractivity contribution in [2.75, 3.05) is 10.2 Å². The molecule has 2 nitrogen and oxygen atoms in total. The standard InChI is InChI=1S/C54H42N2/c1-5-14-40(15-6-1)42-24-32-47(33-25-42)55-48-34-26-46(27-35-48)54-52(44-18-9-3-10-19-44)22-13-23-53(54)45-30-38-51(39-31-45)56(49-20-11-4-12-21-49)50-36-28-43(29-37-50)41-16-7-2-8-17-41/h1-28,30-39,43,55H,29H2. The summed E-state index contributed by atoms with van der Waals surface area (Å²) in [4.78, 5) is 2.36. The van der Waals surface area contributed by atoms with E-state index in [4.69, 9.17) is 0 Å². The first-order valence-electron chi connectivity index (χ1n) is 19.4. The molecule has 0 aliphatic heterocycles. The number of rotatable bonds is 10. The Morgan fingerprint density at radius 2 is 0.857 bits per heavy atom. The van der Waals surface area contributed by atoms with E-state index in [1.165, 1.54) is 55.8 Å². The molecule has 1 atom stereocenters. The van der Waals surface area contributed by atoms with Crippen molar-refractivity contribution in [1.29, 1.82) is 0 Å². The van der Waals surface area contributed by atoms with E-state index in [1.807, 2.05) is 0 Å². The molecule has 0 saturated heterocycles. The number of para-hydroxylation sites is 1. The third-order valence-corrected chi connectivity index (χ3v) is 10.6. The minimum absolute atomic E-state index is 0.381. The summed E-state index contributed by atoms with van der Waals surface area (Å²) in [5.41, 5.74) is 16.5. The van der Waals surface area contributed by atoms with Gasteiger partial charge in [-0.1, -0.05) is 176 Å². The summed E-state index contributed by atoms with van der Waals surface area (Å²) in [6.45, 7) is 0. The molecule has 0 bridgehead atoms. The lowest BCUT2D eigenvalue weighted by molar-refractivity contribution is 0.840. The fourth-order valence-electron chi connectivity index (χ4n) is 7.76. The largest absolute Gasteiger partial charge is 0.356 e. The van der Waals surface area contributed by atoms with E-state index in [1.54, 1.807) is 0 Å². The maximum atomic E-state index is 3.61. The lowest BCUT2D eigenvalue weighted by Gasteiger charge is -2.29. The summed E-state index contributed by atoms with van der Waals surface area (Å²) < 4.78 is 0. The van der Waals surface area contributed by atoms with Gasteiger partial charge in [0.2, 0.25) is 0 Å². The number of hydrogen-bond acceptors (Lipinski definition) is 2. The van der Waals surface area contributed by atoms with E-state index in [9.17, 15) is 0 Å². The maximum Gasteiger partial charge on any atom is 0.0461 e. The zero-order valence-electron chi connectivity index (χ0n) is 31.2. The van der Waals surface area contributed by atoms with E-state index in [0.717, 1.165) is 29.2 Å². The Kier molecular flexibility index (Phi) is 9.92. The van der Waals surface area contributed by atoms with Crippen molar-refractivity contribution in [3.63, 3.8) is 0 Å². The Hall–Kier alpha value is -7.16. The second-order valence-corrected chi connectivity index (χ2v) is 14.2. The summed E-state index contributed by atoms with van der Waals surface area (Å²) >= 11 is 0. The van der Waals surface area contributed by atoms with Gasteiger partial charge < -0.3 is 10.2 Å². The number of anilines is 4. The molecule has 1 aliphatic rings. The number of hydrogen-bond donors (Lipinski definition) is 1. The third kappa shape index (κ3) is 7.46. The predicted octanol–water partition coefficient (Wildman–Crippen LogP) is 14.9. The predicted molar refractivity (Wildman–Crippen MR) is 238 cm³/mol. The fourth-order valence-corrected chi connectivity index (χ4v) is 7.76. The molecule has 268 valence electrons. The van der Waals surface area contributed by atoms with Crippen LogP contribution in [0.4, 0.5) is 22.7 Å². The Balaban J connectivity index is 1.03. The molecule has 8 aromatic carbocycles. The van der Waals surface area contributed by atoms with Gasteiger partial charge in [-0.3, -0.25) is 0 Å². The van der Waals surface area contributed by atoms with Crippen molar-refractivity contribution in [2.24, 2.45) is 0 Å². The summed E-state index contributed by atoms with van der Waals surface area (Å²) in [5, 5.41) is 3.61. The Morgan fingerprint density at radius 1 is 0.393 bits per heavy atom. The highest BCUT2D eigenvalue weighted by Crippen LogP contribution is 2.42. The van der Waals surface area contributed by atoms with Gasteiger partial charge in [0.05, 0.1) is 0 Å². The lowest BCUT2D eigenvalue weighted by atomic mass is 9.87. The SMILES string of the molecule is C1=CC(c2ccccc2)CC=C1N(c1ccccc1)c1ccc(-c2cccc(-c3ccccc3)c2-c2ccc(Nc3ccc(-c4ccccc4)cc3)cc2)cc1. The molecule has 8 aromatic rings. The van der Waals surface area contributed by atoms with Gasteiger partial charge in [0, 0.05) is 34.4 Å². The van der Waals surface area contributed by atoms with Crippen molar-refractivity contribution in [1.82, 2.24) is 0 Å². The first-order valence-corrected chi connectivity index (χ1v) is 19.4. The zero-order chi connectivity index (χ0) is 37.5. The van der Waals surface area contributed by atoms with E-state index in [-0.39, 0.29) is 0 Å². The van der Waals surface area contributed by atoms with Crippen LogP contribution in [0, 0.1) is 0 Å². The van der Waals surface area contributed by atoms with E-state index >= 15 is 0 Å². The molecular weight excluding hydrogens is 677 g/mol. The normalized spacial score (nSPS) is 13.5. The number of nitrogens with one attached hydrogen (secondary N) is 1. The second-order valence-electron chi connectivity index (χ2n) is 14.2. The van der Waals surface area contributed by atoms with E-state index < -0.39 is 0 Å².